The first kappa shape index (κ1) is 19.0. The maximum Gasteiger partial charge on any atom is 0.341 e. The van der Waals surface area contributed by atoms with Gasteiger partial charge in [-0.25, -0.2) is 13.2 Å². The second kappa shape index (κ2) is 8.00. The largest absolute Gasteiger partial charge is 0.480 e. The van der Waals surface area contributed by atoms with E-state index in [0.29, 0.717) is 6.42 Å². The maximum absolute atomic E-state index is 12.4. The van der Waals surface area contributed by atoms with Gasteiger partial charge in [-0.1, -0.05) is 19.8 Å². The molecule has 0 spiro atoms. The van der Waals surface area contributed by atoms with Crippen LogP contribution in [0.4, 0.5) is 8.78 Å². The summed E-state index contributed by atoms with van der Waals surface area (Å²) in [5.74, 6) is -5.44. The molecule has 0 saturated heterocycles. The number of rotatable bonds is 8. The highest BCUT2D eigenvalue weighted by molar-refractivity contribution is 7.91. The zero-order valence-electron chi connectivity index (χ0n) is 12.3. The van der Waals surface area contributed by atoms with Crippen LogP contribution < -0.4 is 5.32 Å². The lowest BCUT2D eigenvalue weighted by Crippen LogP contribution is -2.40. The van der Waals surface area contributed by atoms with Crippen LogP contribution in [0.25, 0.3) is 0 Å². The van der Waals surface area contributed by atoms with Gasteiger partial charge in [0.2, 0.25) is 9.84 Å². The van der Waals surface area contributed by atoms with Crippen LogP contribution in [0.5, 0.6) is 0 Å². The number of nitrogens with one attached hydrogen (secondary N) is 1. The number of carboxylic acids is 1. The molecule has 1 atom stereocenters. The fraction of sp³-hybridized carbons (Fsp3) is 0.429. The van der Waals surface area contributed by atoms with E-state index in [1.54, 1.807) is 0 Å². The third-order valence-corrected chi connectivity index (χ3v) is 4.53. The topological polar surface area (TPSA) is 101 Å². The van der Waals surface area contributed by atoms with Crippen molar-refractivity contribution in [3.05, 3.63) is 29.8 Å². The summed E-state index contributed by atoms with van der Waals surface area (Å²) in [7, 11) is -4.73. The van der Waals surface area contributed by atoms with Gasteiger partial charge in [0.05, 0.1) is 4.90 Å². The highest BCUT2D eigenvalue weighted by atomic mass is 32.2. The maximum atomic E-state index is 12.4. The second-order valence-corrected chi connectivity index (χ2v) is 6.75. The van der Waals surface area contributed by atoms with Gasteiger partial charge in [0.25, 0.3) is 5.91 Å². The average Bonchev–Trinajstić information content (AvgIpc) is 2.50. The van der Waals surface area contributed by atoms with E-state index in [1.807, 2.05) is 6.92 Å². The molecule has 23 heavy (non-hydrogen) atoms. The van der Waals surface area contributed by atoms with Crippen molar-refractivity contribution in [3.8, 4) is 0 Å². The van der Waals surface area contributed by atoms with Crippen LogP contribution in [0.3, 0.4) is 0 Å². The average molecular weight is 349 g/mol. The van der Waals surface area contributed by atoms with Gasteiger partial charge < -0.3 is 10.4 Å². The summed E-state index contributed by atoms with van der Waals surface area (Å²) >= 11 is 0. The minimum Gasteiger partial charge on any atom is -0.480 e. The number of carbonyl (C=O) groups is 2. The van der Waals surface area contributed by atoms with Gasteiger partial charge in [-0.05, 0) is 30.7 Å². The summed E-state index contributed by atoms with van der Waals surface area (Å²) in [6, 6.07) is 2.83. The van der Waals surface area contributed by atoms with Gasteiger partial charge in [0.15, 0.2) is 0 Å². The summed E-state index contributed by atoms with van der Waals surface area (Å²) in [6.07, 6.45) is 1.64. The van der Waals surface area contributed by atoms with Crippen molar-refractivity contribution in [2.45, 2.75) is 42.9 Å². The van der Waals surface area contributed by atoms with E-state index < -0.39 is 38.4 Å². The molecule has 0 aliphatic heterocycles. The summed E-state index contributed by atoms with van der Waals surface area (Å²) in [5, 5.41) is 11.3. The standard InChI is InChI=1S/C14H17F2NO5S/c1-2-3-4-11(13(19)20)17-12(18)9-5-7-10(8-6-9)23(21,22)14(15)16/h5-8,11,14H,2-4H2,1H3,(H,17,18)(H,19,20)/t11-/m0/s1. The molecule has 1 rings (SSSR count). The van der Waals surface area contributed by atoms with Crippen LogP contribution in [0.1, 0.15) is 36.5 Å². The first-order valence-corrected chi connectivity index (χ1v) is 8.40. The lowest BCUT2D eigenvalue weighted by atomic mass is 10.1. The molecule has 128 valence electrons. The van der Waals surface area contributed by atoms with E-state index in [0.717, 1.165) is 30.7 Å². The van der Waals surface area contributed by atoms with Crippen molar-refractivity contribution < 1.29 is 31.9 Å². The molecule has 0 aromatic heterocycles. The summed E-state index contributed by atoms with van der Waals surface area (Å²) in [6.45, 7) is 1.88. The predicted molar refractivity (Wildman–Crippen MR) is 78.0 cm³/mol. The minimum absolute atomic E-state index is 0.0130. The molecule has 0 fully saturated rings. The summed E-state index contributed by atoms with van der Waals surface area (Å²) in [4.78, 5) is 22.4. The van der Waals surface area contributed by atoms with Crippen LogP contribution in [0, 0.1) is 0 Å². The Morgan fingerprint density at radius 2 is 1.78 bits per heavy atom. The Morgan fingerprint density at radius 1 is 1.22 bits per heavy atom. The number of hydrogen-bond donors (Lipinski definition) is 2. The minimum atomic E-state index is -4.73. The molecule has 0 aliphatic carbocycles. The smallest absolute Gasteiger partial charge is 0.341 e. The predicted octanol–water partition coefficient (Wildman–Crippen LogP) is 2.06. The third kappa shape index (κ3) is 4.98. The normalized spacial score (nSPS) is 12.9. The van der Waals surface area contributed by atoms with Crippen molar-refractivity contribution in [1.29, 1.82) is 0 Å². The van der Waals surface area contributed by atoms with E-state index in [9.17, 15) is 26.8 Å². The number of carbonyl (C=O) groups excluding carboxylic acids is 1. The number of alkyl halides is 2. The molecule has 0 heterocycles. The van der Waals surface area contributed by atoms with Gasteiger partial charge >= 0.3 is 11.7 Å². The van der Waals surface area contributed by atoms with Gasteiger partial charge in [0.1, 0.15) is 6.04 Å². The Bertz CT molecular complexity index is 658. The second-order valence-electron chi connectivity index (χ2n) is 4.84. The van der Waals surface area contributed by atoms with Crippen LogP contribution in [0.2, 0.25) is 0 Å². The number of benzene rings is 1. The van der Waals surface area contributed by atoms with Crippen LogP contribution in [-0.4, -0.2) is 37.2 Å². The van der Waals surface area contributed by atoms with Crippen molar-refractivity contribution in [1.82, 2.24) is 5.32 Å². The molecule has 1 amide bonds. The Morgan fingerprint density at radius 3 is 2.22 bits per heavy atom. The van der Waals surface area contributed by atoms with Crippen molar-refractivity contribution in [2.75, 3.05) is 0 Å². The molecule has 1 aromatic rings. The third-order valence-electron chi connectivity index (χ3n) is 3.13. The summed E-state index contributed by atoms with van der Waals surface area (Å²) < 4.78 is 47.3. The molecule has 0 aliphatic rings. The molecule has 0 unspecified atom stereocenters. The number of sulfone groups is 1. The number of amides is 1. The number of unbranched alkanes of at least 4 members (excludes halogenated alkanes) is 1. The SMILES string of the molecule is CCCC[C@H](NC(=O)c1ccc(S(=O)(=O)C(F)F)cc1)C(=O)O. The van der Waals surface area contributed by atoms with Gasteiger partial charge in [-0.2, -0.15) is 8.78 Å². The Hall–Kier alpha value is -2.03. The van der Waals surface area contributed by atoms with E-state index in [1.165, 1.54) is 0 Å². The molecule has 2 N–H and O–H groups in total. The molecule has 1 aromatic carbocycles. The Labute approximate surface area is 132 Å². The zero-order valence-corrected chi connectivity index (χ0v) is 13.1. The van der Waals surface area contributed by atoms with Gasteiger partial charge in [-0.3, -0.25) is 4.79 Å². The van der Waals surface area contributed by atoms with Gasteiger partial charge in [0, 0.05) is 5.56 Å². The van der Waals surface area contributed by atoms with Gasteiger partial charge in [-0.15, -0.1) is 0 Å². The number of hydrogen-bond acceptors (Lipinski definition) is 4. The number of aliphatic carboxylic acids is 1. The molecule has 0 radical (unpaired) electrons. The van der Waals surface area contributed by atoms with E-state index in [4.69, 9.17) is 5.11 Å². The van der Waals surface area contributed by atoms with Crippen molar-refractivity contribution in [2.24, 2.45) is 0 Å². The van der Waals surface area contributed by atoms with Crippen LogP contribution in [0.15, 0.2) is 29.2 Å². The Balaban J connectivity index is 2.87. The molecule has 6 nitrogen and oxygen atoms in total. The first-order chi connectivity index (χ1) is 10.7. The molecular weight excluding hydrogens is 332 g/mol. The Kier molecular flexibility index (Phi) is 6.62. The first-order valence-electron chi connectivity index (χ1n) is 6.86. The lowest BCUT2D eigenvalue weighted by Gasteiger charge is -2.14. The number of halogens is 2. The highest BCUT2D eigenvalue weighted by Gasteiger charge is 2.27. The van der Waals surface area contributed by atoms with E-state index in [2.05, 4.69) is 5.32 Å². The van der Waals surface area contributed by atoms with Crippen LogP contribution >= 0.6 is 0 Å². The van der Waals surface area contributed by atoms with Crippen molar-refractivity contribution in [3.63, 3.8) is 0 Å². The molecular formula is C14H17F2NO5S. The van der Waals surface area contributed by atoms with Crippen molar-refractivity contribution >= 4 is 21.7 Å². The molecule has 9 heteroatoms. The lowest BCUT2D eigenvalue weighted by molar-refractivity contribution is -0.139. The highest BCUT2D eigenvalue weighted by Crippen LogP contribution is 2.18. The fourth-order valence-corrected chi connectivity index (χ4v) is 2.53. The monoisotopic (exact) mass is 349 g/mol. The zero-order chi connectivity index (χ0) is 17.6. The fourth-order valence-electron chi connectivity index (χ4n) is 1.81. The number of carboxylic acid groups (broad SMARTS) is 1. The molecule has 0 saturated carbocycles. The molecule has 0 bridgehead atoms. The quantitative estimate of drug-likeness (QED) is 0.748. The summed E-state index contributed by atoms with van der Waals surface area (Å²) in [5.41, 5.74) is -0.0130. The van der Waals surface area contributed by atoms with Crippen LogP contribution in [-0.2, 0) is 14.6 Å². The van der Waals surface area contributed by atoms with E-state index >= 15 is 0 Å². The van der Waals surface area contributed by atoms with E-state index in [-0.39, 0.29) is 12.0 Å².